The maximum absolute atomic E-state index is 12.6. The largest absolute Gasteiger partial charge is 0.458 e. The molecule has 6 heteroatoms. The van der Waals surface area contributed by atoms with Crippen LogP contribution in [0.2, 0.25) is 0 Å². The van der Waals surface area contributed by atoms with Crippen LogP contribution in [0.15, 0.2) is 30.3 Å². The van der Waals surface area contributed by atoms with Crippen LogP contribution in [0.5, 0.6) is 0 Å². The van der Waals surface area contributed by atoms with Crippen LogP contribution in [0.25, 0.3) is 0 Å². The quantitative estimate of drug-likeness (QED) is 0.533. The molecule has 0 unspecified atom stereocenters. The lowest BCUT2D eigenvalue weighted by atomic mass is 9.85. The summed E-state index contributed by atoms with van der Waals surface area (Å²) in [5.74, 6) is -0.544. The lowest BCUT2D eigenvalue weighted by Crippen LogP contribution is -2.47. The second-order valence-corrected chi connectivity index (χ2v) is 8.70. The van der Waals surface area contributed by atoms with Gasteiger partial charge in [-0.3, -0.25) is 4.79 Å². The Hall–Kier alpha value is -1.92. The van der Waals surface area contributed by atoms with E-state index in [1.807, 2.05) is 44.2 Å². The van der Waals surface area contributed by atoms with Gasteiger partial charge < -0.3 is 19.9 Å². The smallest absolute Gasteiger partial charge is 0.347 e. The second kappa shape index (κ2) is 12.7. The van der Waals surface area contributed by atoms with Crippen LogP contribution in [0.1, 0.15) is 64.9 Å². The topological polar surface area (TPSA) is 84.9 Å². The molecule has 1 aliphatic rings. The van der Waals surface area contributed by atoms with Gasteiger partial charge in [0.1, 0.15) is 12.6 Å². The molecule has 0 heterocycles. The normalized spacial score (nSPS) is 17.9. The van der Waals surface area contributed by atoms with E-state index in [-0.39, 0.29) is 12.5 Å². The molecule has 1 saturated carbocycles. The molecule has 30 heavy (non-hydrogen) atoms. The number of carbonyl (C=O) groups is 2. The highest BCUT2D eigenvalue weighted by Crippen LogP contribution is 2.27. The highest BCUT2D eigenvalue weighted by Gasteiger charge is 2.29. The Bertz CT molecular complexity index is 642. The van der Waals surface area contributed by atoms with Gasteiger partial charge in [-0.05, 0) is 30.7 Å². The molecule has 0 spiro atoms. The van der Waals surface area contributed by atoms with Gasteiger partial charge in [0.15, 0.2) is 6.10 Å². The number of esters is 2. The lowest BCUT2D eigenvalue weighted by molar-refractivity contribution is -0.169. The van der Waals surface area contributed by atoms with Gasteiger partial charge in [0.25, 0.3) is 0 Å². The van der Waals surface area contributed by atoms with Gasteiger partial charge >= 0.3 is 11.9 Å². The van der Waals surface area contributed by atoms with Crippen LogP contribution < -0.4 is 5.32 Å². The summed E-state index contributed by atoms with van der Waals surface area (Å²) in [7, 11) is 0. The number of nitrogens with one attached hydrogen (secondary N) is 1. The summed E-state index contributed by atoms with van der Waals surface area (Å²) in [6.45, 7) is 5.80. The number of rotatable bonds is 11. The zero-order valence-electron chi connectivity index (χ0n) is 18.5. The van der Waals surface area contributed by atoms with E-state index in [2.05, 4.69) is 5.32 Å². The Kier molecular flexibility index (Phi) is 10.3. The standard InChI is InChI=1S/C24H37NO5/c1-17(2)22(25-15-21(26)14-19-10-6-4-7-11-19)24(28)30-18(3)23(27)29-16-20-12-8-5-9-13-20/h5,8-9,12-13,17-19,21-22,25-26H,4,6-7,10-11,14-16H2,1-3H3/t18-,21+,22+/m0/s1. The van der Waals surface area contributed by atoms with Gasteiger partial charge in [-0.15, -0.1) is 0 Å². The van der Waals surface area contributed by atoms with Crippen molar-refractivity contribution in [3.8, 4) is 0 Å². The molecule has 1 aromatic rings. The maximum atomic E-state index is 12.6. The lowest BCUT2D eigenvalue weighted by Gasteiger charge is -2.27. The minimum absolute atomic E-state index is 0.0353. The fourth-order valence-corrected chi connectivity index (χ4v) is 3.89. The van der Waals surface area contributed by atoms with Crippen LogP contribution in [0.4, 0.5) is 0 Å². The van der Waals surface area contributed by atoms with Crippen molar-refractivity contribution in [1.82, 2.24) is 5.32 Å². The molecule has 2 N–H and O–H groups in total. The first-order valence-electron chi connectivity index (χ1n) is 11.2. The predicted molar refractivity (Wildman–Crippen MR) is 116 cm³/mol. The van der Waals surface area contributed by atoms with Crippen LogP contribution in [-0.4, -0.2) is 41.8 Å². The van der Waals surface area contributed by atoms with E-state index < -0.39 is 30.2 Å². The third-order valence-corrected chi connectivity index (χ3v) is 5.67. The summed E-state index contributed by atoms with van der Waals surface area (Å²) in [4.78, 5) is 24.8. The van der Waals surface area contributed by atoms with Gasteiger partial charge in [-0.2, -0.15) is 0 Å². The summed E-state index contributed by atoms with van der Waals surface area (Å²) in [6.07, 6.45) is 5.40. The third-order valence-electron chi connectivity index (χ3n) is 5.67. The molecule has 6 nitrogen and oxygen atoms in total. The van der Waals surface area contributed by atoms with Crippen molar-refractivity contribution in [2.75, 3.05) is 6.54 Å². The summed E-state index contributed by atoms with van der Waals surface area (Å²) in [6, 6.07) is 8.77. The molecule has 0 aromatic heterocycles. The summed E-state index contributed by atoms with van der Waals surface area (Å²) in [5, 5.41) is 13.5. The molecule has 0 aliphatic heterocycles. The Morgan fingerprint density at radius 1 is 1.07 bits per heavy atom. The van der Waals surface area contributed by atoms with Crippen LogP contribution in [-0.2, 0) is 25.7 Å². The van der Waals surface area contributed by atoms with Gasteiger partial charge in [-0.1, -0.05) is 76.3 Å². The Labute approximate surface area is 180 Å². The van der Waals surface area contributed by atoms with E-state index in [0.29, 0.717) is 12.5 Å². The molecular formula is C24H37NO5. The average molecular weight is 420 g/mol. The van der Waals surface area contributed by atoms with Gasteiger partial charge in [0.2, 0.25) is 0 Å². The predicted octanol–water partition coefficient (Wildman–Crippen LogP) is 3.61. The average Bonchev–Trinajstić information content (AvgIpc) is 2.73. The Balaban J connectivity index is 1.76. The number of ether oxygens (including phenoxy) is 2. The molecule has 1 aliphatic carbocycles. The van der Waals surface area contributed by atoms with E-state index in [0.717, 1.165) is 12.0 Å². The van der Waals surface area contributed by atoms with E-state index in [9.17, 15) is 14.7 Å². The minimum Gasteiger partial charge on any atom is -0.458 e. The first-order chi connectivity index (χ1) is 14.4. The zero-order valence-corrected chi connectivity index (χ0v) is 18.5. The van der Waals surface area contributed by atoms with E-state index in [4.69, 9.17) is 9.47 Å². The molecule has 168 valence electrons. The molecule has 2 rings (SSSR count). The first-order valence-corrected chi connectivity index (χ1v) is 11.2. The van der Waals surface area contributed by atoms with E-state index >= 15 is 0 Å². The fraction of sp³-hybridized carbons (Fsp3) is 0.667. The van der Waals surface area contributed by atoms with Crippen molar-refractivity contribution < 1.29 is 24.2 Å². The van der Waals surface area contributed by atoms with Gasteiger partial charge in [-0.25, -0.2) is 4.79 Å². The van der Waals surface area contributed by atoms with Crippen molar-refractivity contribution in [3.63, 3.8) is 0 Å². The maximum Gasteiger partial charge on any atom is 0.347 e. The first kappa shape index (κ1) is 24.4. The molecule has 1 aromatic carbocycles. The van der Waals surface area contributed by atoms with Gasteiger partial charge in [0, 0.05) is 6.54 Å². The zero-order chi connectivity index (χ0) is 21.9. The molecule has 3 atom stereocenters. The number of carbonyl (C=O) groups excluding carboxylic acids is 2. The summed E-state index contributed by atoms with van der Waals surface area (Å²) in [5.41, 5.74) is 0.873. The number of hydrogen-bond donors (Lipinski definition) is 2. The van der Waals surface area contributed by atoms with Crippen molar-refractivity contribution in [3.05, 3.63) is 35.9 Å². The van der Waals surface area contributed by atoms with Crippen LogP contribution >= 0.6 is 0 Å². The molecular weight excluding hydrogens is 382 g/mol. The molecule has 1 fully saturated rings. The second-order valence-electron chi connectivity index (χ2n) is 8.70. The third kappa shape index (κ3) is 8.44. The van der Waals surface area contributed by atoms with Crippen LogP contribution in [0, 0.1) is 11.8 Å². The summed E-state index contributed by atoms with van der Waals surface area (Å²) >= 11 is 0. The van der Waals surface area contributed by atoms with E-state index in [1.54, 1.807) is 0 Å². The number of aliphatic hydroxyl groups is 1. The van der Waals surface area contributed by atoms with E-state index in [1.165, 1.54) is 39.0 Å². The molecule has 0 amide bonds. The van der Waals surface area contributed by atoms with Crippen molar-refractivity contribution in [2.45, 2.75) is 84.2 Å². The minimum atomic E-state index is -0.989. The monoisotopic (exact) mass is 419 g/mol. The molecule has 0 bridgehead atoms. The highest BCUT2D eigenvalue weighted by molar-refractivity contribution is 5.81. The number of hydrogen-bond acceptors (Lipinski definition) is 6. The van der Waals surface area contributed by atoms with Crippen molar-refractivity contribution in [2.24, 2.45) is 11.8 Å². The number of aliphatic hydroxyl groups excluding tert-OH is 1. The summed E-state index contributed by atoms with van der Waals surface area (Å²) < 4.78 is 10.6. The molecule has 0 radical (unpaired) electrons. The number of benzene rings is 1. The molecule has 0 saturated heterocycles. The fourth-order valence-electron chi connectivity index (χ4n) is 3.89. The van der Waals surface area contributed by atoms with Gasteiger partial charge in [0.05, 0.1) is 6.10 Å². The Morgan fingerprint density at radius 2 is 1.73 bits per heavy atom. The highest BCUT2D eigenvalue weighted by atomic mass is 16.6. The van der Waals surface area contributed by atoms with Crippen molar-refractivity contribution in [1.29, 1.82) is 0 Å². The Morgan fingerprint density at radius 3 is 2.37 bits per heavy atom. The SMILES string of the molecule is CC(C)[C@@H](NC[C@H](O)CC1CCCCC1)C(=O)O[C@@H](C)C(=O)OCc1ccccc1. The van der Waals surface area contributed by atoms with Crippen molar-refractivity contribution >= 4 is 11.9 Å². The van der Waals surface area contributed by atoms with Crippen LogP contribution in [0.3, 0.4) is 0 Å².